The maximum absolute atomic E-state index is 13.1. The van der Waals surface area contributed by atoms with Gasteiger partial charge >= 0.3 is 0 Å². The zero-order chi connectivity index (χ0) is 13.7. The molecule has 20 heavy (non-hydrogen) atoms. The zero-order valence-electron chi connectivity index (χ0n) is 10.3. The molecule has 0 aliphatic rings. The number of fused-ring (bicyclic) bond motifs is 2. The second kappa shape index (κ2) is 4.04. The van der Waals surface area contributed by atoms with Crippen molar-refractivity contribution in [3.8, 4) is 16.6 Å². The average Bonchev–Trinajstić information content (AvgIpc) is 3.08. The van der Waals surface area contributed by atoms with Crippen LogP contribution in [-0.4, -0.2) is 21.7 Å². The Morgan fingerprint density at radius 3 is 3.05 bits per heavy atom. The van der Waals surface area contributed by atoms with E-state index >= 15 is 0 Å². The van der Waals surface area contributed by atoms with Gasteiger partial charge in [-0.25, -0.2) is 13.9 Å². The summed E-state index contributed by atoms with van der Waals surface area (Å²) in [6, 6.07) is 6.27. The normalized spacial score (nSPS) is 11.5. The van der Waals surface area contributed by atoms with E-state index in [4.69, 9.17) is 9.15 Å². The molecule has 0 amide bonds. The highest BCUT2D eigenvalue weighted by molar-refractivity contribution is 7.18. The molecule has 0 atom stereocenters. The number of benzene rings is 1. The molecule has 100 valence electrons. The summed E-state index contributed by atoms with van der Waals surface area (Å²) in [5, 5.41) is 5.58. The Bertz CT molecular complexity index is 893. The molecule has 5 nitrogen and oxygen atoms in total. The minimum absolute atomic E-state index is 0.323. The Kier molecular flexibility index (Phi) is 2.31. The van der Waals surface area contributed by atoms with Gasteiger partial charge in [-0.15, -0.1) is 5.10 Å². The van der Waals surface area contributed by atoms with Crippen molar-refractivity contribution in [3.63, 3.8) is 0 Å². The van der Waals surface area contributed by atoms with Crippen LogP contribution in [-0.2, 0) is 0 Å². The van der Waals surface area contributed by atoms with E-state index in [0.717, 1.165) is 5.39 Å². The molecule has 0 saturated carbocycles. The lowest BCUT2D eigenvalue weighted by atomic mass is 10.2. The Balaban J connectivity index is 1.84. The largest absolute Gasteiger partial charge is 0.472 e. The van der Waals surface area contributed by atoms with Gasteiger partial charge in [0.15, 0.2) is 5.76 Å². The molecule has 3 aromatic heterocycles. The highest BCUT2D eigenvalue weighted by Gasteiger charge is 2.13. The van der Waals surface area contributed by atoms with Crippen LogP contribution in [0.5, 0.6) is 5.19 Å². The summed E-state index contributed by atoms with van der Waals surface area (Å²) in [5.74, 6) is 0.262. The fraction of sp³-hybridized carbons (Fsp3) is 0.0769. The third-order valence-corrected chi connectivity index (χ3v) is 3.82. The van der Waals surface area contributed by atoms with Crippen molar-refractivity contribution >= 4 is 27.3 Å². The first-order valence-corrected chi connectivity index (χ1v) is 6.64. The van der Waals surface area contributed by atoms with Gasteiger partial charge in [0.05, 0.1) is 13.3 Å². The molecular formula is C13H8FN3O2S. The van der Waals surface area contributed by atoms with Gasteiger partial charge in [0, 0.05) is 11.5 Å². The van der Waals surface area contributed by atoms with Crippen molar-refractivity contribution < 1.29 is 13.5 Å². The van der Waals surface area contributed by atoms with Gasteiger partial charge in [-0.2, -0.15) is 0 Å². The van der Waals surface area contributed by atoms with Crippen molar-refractivity contribution in [3.05, 3.63) is 36.3 Å². The maximum atomic E-state index is 13.1. The second-order valence-corrected chi connectivity index (χ2v) is 5.14. The monoisotopic (exact) mass is 289 g/mol. The van der Waals surface area contributed by atoms with E-state index < -0.39 is 0 Å². The molecule has 1 aromatic carbocycles. The number of nitrogens with zero attached hydrogens (tertiary/aromatic N) is 3. The quantitative estimate of drug-likeness (QED) is 0.568. The molecule has 3 heterocycles. The zero-order valence-corrected chi connectivity index (χ0v) is 11.1. The van der Waals surface area contributed by atoms with Crippen LogP contribution in [0.4, 0.5) is 4.39 Å². The number of rotatable bonds is 2. The lowest BCUT2D eigenvalue weighted by Gasteiger charge is -1.88. The number of halogens is 1. The highest BCUT2D eigenvalue weighted by atomic mass is 32.1. The van der Waals surface area contributed by atoms with Crippen LogP contribution >= 0.6 is 11.3 Å². The minimum Gasteiger partial charge on any atom is -0.472 e. The Morgan fingerprint density at radius 1 is 1.35 bits per heavy atom. The summed E-state index contributed by atoms with van der Waals surface area (Å²) < 4.78 is 25.4. The molecule has 0 unspecified atom stereocenters. The first kappa shape index (κ1) is 11.4. The van der Waals surface area contributed by atoms with Gasteiger partial charge < -0.3 is 9.15 Å². The molecular weight excluding hydrogens is 281 g/mol. The maximum Gasteiger partial charge on any atom is 0.294 e. The first-order chi connectivity index (χ1) is 9.72. The molecule has 0 spiro atoms. The predicted molar refractivity (Wildman–Crippen MR) is 72.6 cm³/mol. The topological polar surface area (TPSA) is 52.6 Å². The van der Waals surface area contributed by atoms with Crippen LogP contribution < -0.4 is 4.74 Å². The summed E-state index contributed by atoms with van der Waals surface area (Å²) in [5.41, 5.74) is 1.16. The van der Waals surface area contributed by atoms with E-state index in [-0.39, 0.29) is 5.82 Å². The minimum atomic E-state index is -0.323. The molecule has 0 N–H and O–H groups in total. The fourth-order valence-corrected chi connectivity index (χ4v) is 2.71. The Labute approximate surface area is 116 Å². The van der Waals surface area contributed by atoms with E-state index in [2.05, 4.69) is 10.1 Å². The number of ether oxygens (including phenoxy) is 1. The van der Waals surface area contributed by atoms with Crippen LogP contribution in [0.2, 0.25) is 0 Å². The van der Waals surface area contributed by atoms with E-state index in [1.807, 2.05) is 6.07 Å². The molecule has 0 radical (unpaired) electrons. The molecule has 0 bridgehead atoms. The van der Waals surface area contributed by atoms with E-state index in [1.54, 1.807) is 23.9 Å². The van der Waals surface area contributed by atoms with E-state index in [9.17, 15) is 4.39 Å². The van der Waals surface area contributed by atoms with Crippen molar-refractivity contribution in [1.29, 1.82) is 0 Å². The van der Waals surface area contributed by atoms with Crippen molar-refractivity contribution in [1.82, 2.24) is 14.6 Å². The third kappa shape index (κ3) is 1.67. The second-order valence-electron chi connectivity index (χ2n) is 4.22. The Hall–Kier alpha value is -2.41. The molecule has 4 aromatic rings. The smallest absolute Gasteiger partial charge is 0.294 e. The molecule has 0 aliphatic heterocycles. The lowest BCUT2D eigenvalue weighted by molar-refractivity contribution is 0.405. The number of hydrogen-bond donors (Lipinski definition) is 0. The van der Waals surface area contributed by atoms with Crippen LogP contribution in [0, 0.1) is 5.82 Å². The van der Waals surface area contributed by atoms with Crippen LogP contribution in [0.15, 0.2) is 34.9 Å². The van der Waals surface area contributed by atoms with Gasteiger partial charge in [-0.3, -0.25) is 0 Å². The number of aromatic nitrogens is 3. The molecule has 4 rings (SSSR count). The fourth-order valence-electron chi connectivity index (χ4n) is 2.01. The van der Waals surface area contributed by atoms with Crippen molar-refractivity contribution in [2.24, 2.45) is 0 Å². The van der Waals surface area contributed by atoms with Crippen molar-refractivity contribution in [2.75, 3.05) is 7.11 Å². The standard InChI is InChI=1S/C13H8FN3O2S/c1-18-13-16-17-6-9(15-12(17)20-13)11-4-7-2-3-8(14)5-10(7)19-11/h2-6H,1H3. The molecule has 0 aliphatic carbocycles. The predicted octanol–water partition coefficient (Wildman–Crippen LogP) is 3.35. The number of imidazole rings is 1. The van der Waals surface area contributed by atoms with Crippen LogP contribution in [0.3, 0.4) is 0 Å². The van der Waals surface area contributed by atoms with Gasteiger partial charge in [0.2, 0.25) is 4.96 Å². The summed E-state index contributed by atoms with van der Waals surface area (Å²) in [6.45, 7) is 0. The number of methoxy groups -OCH3 is 1. The third-order valence-electron chi connectivity index (χ3n) is 2.93. The van der Waals surface area contributed by atoms with Crippen molar-refractivity contribution in [2.45, 2.75) is 0 Å². The van der Waals surface area contributed by atoms with Gasteiger partial charge in [-0.1, -0.05) is 0 Å². The summed E-state index contributed by atoms with van der Waals surface area (Å²) >= 11 is 1.34. The van der Waals surface area contributed by atoms with Crippen LogP contribution in [0.25, 0.3) is 27.4 Å². The first-order valence-electron chi connectivity index (χ1n) is 5.82. The molecule has 0 saturated heterocycles. The summed E-state index contributed by atoms with van der Waals surface area (Å²) in [4.78, 5) is 5.13. The van der Waals surface area contributed by atoms with E-state index in [0.29, 0.717) is 27.2 Å². The lowest BCUT2D eigenvalue weighted by Crippen LogP contribution is -1.84. The summed E-state index contributed by atoms with van der Waals surface area (Å²) in [6.07, 6.45) is 1.75. The highest BCUT2D eigenvalue weighted by Crippen LogP contribution is 2.30. The van der Waals surface area contributed by atoms with Crippen LogP contribution in [0.1, 0.15) is 0 Å². The van der Waals surface area contributed by atoms with Gasteiger partial charge in [0.25, 0.3) is 5.19 Å². The SMILES string of the molecule is COc1nn2cc(-c3cc4ccc(F)cc4o3)nc2s1. The van der Waals surface area contributed by atoms with E-state index in [1.165, 1.54) is 23.5 Å². The number of hydrogen-bond acceptors (Lipinski definition) is 5. The number of furan rings is 1. The average molecular weight is 289 g/mol. The molecule has 7 heteroatoms. The summed E-state index contributed by atoms with van der Waals surface area (Å²) in [7, 11) is 1.56. The van der Waals surface area contributed by atoms with Gasteiger partial charge in [0.1, 0.15) is 17.1 Å². The molecule has 0 fully saturated rings. The Morgan fingerprint density at radius 2 is 2.25 bits per heavy atom. The van der Waals surface area contributed by atoms with Gasteiger partial charge in [-0.05, 0) is 29.5 Å².